The van der Waals surface area contributed by atoms with Crippen molar-refractivity contribution in [2.75, 3.05) is 5.32 Å². The number of nitrogens with zero attached hydrogens (tertiary/aromatic N) is 2. The van der Waals surface area contributed by atoms with Gasteiger partial charge in [-0.3, -0.25) is 9.59 Å². The third-order valence-corrected chi connectivity index (χ3v) is 4.01. The Morgan fingerprint density at radius 2 is 1.96 bits per heavy atom. The second kappa shape index (κ2) is 6.39. The lowest BCUT2D eigenvalue weighted by Crippen LogP contribution is -2.10. The zero-order valence-electron chi connectivity index (χ0n) is 12.0. The molecule has 1 aliphatic rings. The first-order chi connectivity index (χ1) is 11.1. The topological polar surface area (TPSA) is 96.9 Å². The van der Waals surface area contributed by atoms with Crippen LogP contribution in [0.15, 0.2) is 57.2 Å². The number of hydrogen-bond donors (Lipinski definition) is 2. The zero-order chi connectivity index (χ0) is 16.4. The summed E-state index contributed by atoms with van der Waals surface area (Å²) >= 11 is 3.35. The third kappa shape index (κ3) is 3.20. The van der Waals surface area contributed by atoms with E-state index in [1.807, 2.05) is 6.07 Å². The largest absolute Gasteiger partial charge is 0.326 e. The molecule has 0 fully saturated rings. The fraction of sp³-hybridized carbons (Fsp3) is 0.125. The van der Waals surface area contributed by atoms with Crippen LogP contribution in [0.3, 0.4) is 0 Å². The van der Waals surface area contributed by atoms with E-state index in [0.717, 1.165) is 10.0 Å². The molecule has 3 N–H and O–H groups in total. The van der Waals surface area contributed by atoms with E-state index in [-0.39, 0.29) is 5.91 Å². The maximum Gasteiger partial charge on any atom is 0.295 e. The van der Waals surface area contributed by atoms with Gasteiger partial charge in [0.1, 0.15) is 0 Å². The molecule has 7 heteroatoms. The minimum atomic E-state index is -0.810. The number of halogens is 1. The van der Waals surface area contributed by atoms with Gasteiger partial charge in [0.25, 0.3) is 11.8 Å². The predicted molar refractivity (Wildman–Crippen MR) is 89.0 cm³/mol. The number of benzene rings is 2. The molecule has 0 radical (unpaired) electrons. The van der Waals surface area contributed by atoms with Gasteiger partial charge in [0, 0.05) is 27.8 Å². The number of nitrogens with one attached hydrogen (secondary N) is 1. The van der Waals surface area contributed by atoms with Crippen molar-refractivity contribution in [3.63, 3.8) is 0 Å². The zero-order valence-corrected chi connectivity index (χ0v) is 13.6. The molecule has 116 valence electrons. The van der Waals surface area contributed by atoms with Crippen molar-refractivity contribution in [1.29, 1.82) is 0 Å². The van der Waals surface area contributed by atoms with Crippen molar-refractivity contribution in [3.05, 3.63) is 63.6 Å². The van der Waals surface area contributed by atoms with Crippen LogP contribution in [-0.2, 0) is 11.3 Å². The van der Waals surface area contributed by atoms with E-state index in [1.54, 1.807) is 36.4 Å². The van der Waals surface area contributed by atoms with Crippen LogP contribution in [-0.4, -0.2) is 11.8 Å². The number of anilines is 1. The van der Waals surface area contributed by atoms with Gasteiger partial charge in [-0.1, -0.05) is 28.1 Å². The van der Waals surface area contributed by atoms with Gasteiger partial charge in [-0.2, -0.15) is 5.11 Å². The molecule has 1 unspecified atom stereocenters. The van der Waals surface area contributed by atoms with Gasteiger partial charge in [0.15, 0.2) is 6.04 Å². The Hall–Kier alpha value is -2.38. The van der Waals surface area contributed by atoms with E-state index in [9.17, 15) is 9.59 Å². The van der Waals surface area contributed by atoms with Crippen LogP contribution in [0.25, 0.3) is 0 Å². The van der Waals surface area contributed by atoms with Gasteiger partial charge in [-0.05, 0) is 35.9 Å². The van der Waals surface area contributed by atoms with Crippen LogP contribution >= 0.6 is 15.9 Å². The number of rotatable bonds is 3. The van der Waals surface area contributed by atoms with Crippen LogP contribution in [0.1, 0.15) is 27.5 Å². The normalized spacial score (nSPS) is 16.4. The SMILES string of the molecule is NCc1ccc(C(=O)N=NC2C(=O)Nc3ccc(Br)cc32)cc1. The lowest BCUT2D eigenvalue weighted by molar-refractivity contribution is -0.116. The molecular formula is C16H13BrN4O2. The molecule has 1 heterocycles. The summed E-state index contributed by atoms with van der Waals surface area (Å²) in [7, 11) is 0. The summed E-state index contributed by atoms with van der Waals surface area (Å²) in [5, 5.41) is 10.3. The highest BCUT2D eigenvalue weighted by atomic mass is 79.9. The van der Waals surface area contributed by atoms with Crippen LogP contribution in [0.5, 0.6) is 0 Å². The maximum absolute atomic E-state index is 12.1. The quantitative estimate of drug-likeness (QED) is 0.809. The third-order valence-electron chi connectivity index (χ3n) is 3.52. The molecule has 0 aromatic heterocycles. The Bertz CT molecular complexity index is 802. The van der Waals surface area contributed by atoms with Crippen molar-refractivity contribution in [3.8, 4) is 0 Å². The summed E-state index contributed by atoms with van der Waals surface area (Å²) < 4.78 is 0.830. The standard InChI is InChI=1S/C16H13BrN4O2/c17-11-5-6-13-12(7-11)14(16(23)19-13)20-21-15(22)10-3-1-9(8-18)2-4-10/h1-7,14H,8,18H2,(H,19,23). The lowest BCUT2D eigenvalue weighted by Gasteiger charge is -2.02. The van der Waals surface area contributed by atoms with Gasteiger partial charge < -0.3 is 11.1 Å². The Kier molecular flexibility index (Phi) is 4.31. The van der Waals surface area contributed by atoms with Gasteiger partial charge in [-0.15, -0.1) is 5.11 Å². The Morgan fingerprint density at radius 3 is 2.65 bits per heavy atom. The molecule has 0 saturated heterocycles. The molecule has 1 aliphatic heterocycles. The van der Waals surface area contributed by atoms with Crippen molar-refractivity contribution in [2.24, 2.45) is 16.0 Å². The molecule has 2 aromatic rings. The molecule has 0 spiro atoms. The summed E-state index contributed by atoms with van der Waals surface area (Å²) in [6, 6.07) is 11.4. The summed E-state index contributed by atoms with van der Waals surface area (Å²) in [6.07, 6.45) is 0. The average Bonchev–Trinajstić information content (AvgIpc) is 2.87. The van der Waals surface area contributed by atoms with E-state index >= 15 is 0 Å². The van der Waals surface area contributed by atoms with E-state index in [0.29, 0.717) is 23.4 Å². The highest BCUT2D eigenvalue weighted by Crippen LogP contribution is 2.35. The highest BCUT2D eigenvalue weighted by molar-refractivity contribution is 9.10. The first-order valence-electron chi connectivity index (χ1n) is 6.93. The summed E-state index contributed by atoms with van der Waals surface area (Å²) in [6.45, 7) is 0.407. The van der Waals surface area contributed by atoms with E-state index in [2.05, 4.69) is 31.5 Å². The van der Waals surface area contributed by atoms with Crippen LogP contribution in [0.2, 0.25) is 0 Å². The molecule has 2 amide bonds. The fourth-order valence-corrected chi connectivity index (χ4v) is 2.66. The van der Waals surface area contributed by atoms with Crippen molar-refractivity contribution in [1.82, 2.24) is 0 Å². The monoisotopic (exact) mass is 372 g/mol. The highest BCUT2D eigenvalue weighted by Gasteiger charge is 2.31. The first-order valence-corrected chi connectivity index (χ1v) is 7.72. The summed E-state index contributed by atoms with van der Waals surface area (Å²) in [5.41, 5.74) is 8.22. The smallest absolute Gasteiger partial charge is 0.295 e. The Morgan fingerprint density at radius 1 is 1.22 bits per heavy atom. The van der Waals surface area contributed by atoms with Crippen LogP contribution in [0.4, 0.5) is 5.69 Å². The first kappa shape index (κ1) is 15.5. The van der Waals surface area contributed by atoms with Crippen molar-refractivity contribution >= 4 is 33.4 Å². The predicted octanol–water partition coefficient (Wildman–Crippen LogP) is 3.19. The molecule has 0 aliphatic carbocycles. The number of carbonyl (C=O) groups excluding carboxylic acids is 2. The molecular weight excluding hydrogens is 360 g/mol. The van der Waals surface area contributed by atoms with E-state index in [4.69, 9.17) is 5.73 Å². The molecule has 0 bridgehead atoms. The van der Waals surface area contributed by atoms with Crippen LogP contribution < -0.4 is 11.1 Å². The Balaban J connectivity index is 1.81. The molecule has 0 saturated carbocycles. The molecule has 2 aromatic carbocycles. The van der Waals surface area contributed by atoms with Crippen molar-refractivity contribution < 1.29 is 9.59 Å². The number of nitrogens with two attached hydrogens (primary N) is 1. The number of amides is 2. The maximum atomic E-state index is 12.1. The van der Waals surface area contributed by atoms with E-state index in [1.165, 1.54) is 0 Å². The second-order valence-corrected chi connectivity index (χ2v) is 5.96. The number of hydrogen-bond acceptors (Lipinski definition) is 4. The molecule has 1 atom stereocenters. The average molecular weight is 373 g/mol. The van der Waals surface area contributed by atoms with Crippen molar-refractivity contribution in [2.45, 2.75) is 12.6 Å². The number of fused-ring (bicyclic) bond motifs is 1. The molecule has 6 nitrogen and oxygen atoms in total. The minimum absolute atomic E-state index is 0.298. The number of azo groups is 1. The summed E-state index contributed by atoms with van der Waals surface area (Å²) in [5.74, 6) is -0.794. The number of carbonyl (C=O) groups is 2. The minimum Gasteiger partial charge on any atom is -0.326 e. The Labute approximate surface area is 140 Å². The fourth-order valence-electron chi connectivity index (χ4n) is 2.28. The second-order valence-electron chi connectivity index (χ2n) is 5.05. The molecule has 23 heavy (non-hydrogen) atoms. The van der Waals surface area contributed by atoms with Gasteiger partial charge >= 0.3 is 0 Å². The van der Waals surface area contributed by atoms with Gasteiger partial charge in [0.05, 0.1) is 0 Å². The lowest BCUT2D eigenvalue weighted by atomic mass is 10.1. The van der Waals surface area contributed by atoms with E-state index < -0.39 is 11.9 Å². The van der Waals surface area contributed by atoms with Gasteiger partial charge in [-0.25, -0.2) is 0 Å². The molecule has 3 rings (SSSR count). The van der Waals surface area contributed by atoms with Gasteiger partial charge in [0.2, 0.25) is 0 Å². The summed E-state index contributed by atoms with van der Waals surface area (Å²) in [4.78, 5) is 24.0. The van der Waals surface area contributed by atoms with Crippen LogP contribution in [0, 0.1) is 0 Å².